The van der Waals surface area contributed by atoms with Crippen molar-refractivity contribution in [3.63, 3.8) is 0 Å². The van der Waals surface area contributed by atoms with Crippen LogP contribution in [0.15, 0.2) is 29.2 Å². The molecule has 104 valence electrons. The normalized spacial score (nSPS) is 11.9. The summed E-state index contributed by atoms with van der Waals surface area (Å²) in [5.41, 5.74) is 0.242. The molecule has 0 aromatic heterocycles. The first-order valence-corrected chi connectivity index (χ1v) is 7.16. The molecule has 0 radical (unpaired) electrons. The van der Waals surface area contributed by atoms with Gasteiger partial charge in [0.25, 0.3) is 0 Å². The molecular weight excluding hydrogens is 262 g/mol. The van der Waals surface area contributed by atoms with E-state index in [1.807, 2.05) is 20.8 Å². The third kappa shape index (κ3) is 3.99. The van der Waals surface area contributed by atoms with Gasteiger partial charge in [0.15, 0.2) is 0 Å². The van der Waals surface area contributed by atoms with Gasteiger partial charge in [0.05, 0.1) is 10.8 Å². The van der Waals surface area contributed by atoms with Crippen LogP contribution in [0.4, 0.5) is 0 Å². The van der Waals surface area contributed by atoms with Crippen LogP contribution in [0.2, 0.25) is 0 Å². The highest BCUT2D eigenvalue weighted by molar-refractivity contribution is 8.00. The van der Waals surface area contributed by atoms with E-state index in [0.29, 0.717) is 18.0 Å². The first kappa shape index (κ1) is 15.6. The third-order valence-electron chi connectivity index (χ3n) is 2.84. The van der Waals surface area contributed by atoms with Crippen LogP contribution in [0.1, 0.15) is 31.1 Å². The van der Waals surface area contributed by atoms with E-state index in [2.05, 4.69) is 0 Å². The SMILES string of the molecule is CCN(CC)C(=O)C(C)Sc1ccccc1C(=O)O. The van der Waals surface area contributed by atoms with Gasteiger partial charge in [0.1, 0.15) is 0 Å². The number of hydrogen-bond acceptors (Lipinski definition) is 3. The number of carboxylic acids is 1. The molecule has 1 aromatic rings. The minimum atomic E-state index is -0.967. The summed E-state index contributed by atoms with van der Waals surface area (Å²) in [6.07, 6.45) is 0. The molecule has 19 heavy (non-hydrogen) atoms. The monoisotopic (exact) mass is 281 g/mol. The fourth-order valence-electron chi connectivity index (χ4n) is 1.78. The Morgan fingerprint density at radius 1 is 1.26 bits per heavy atom. The zero-order valence-corrected chi connectivity index (χ0v) is 12.2. The molecule has 1 aromatic carbocycles. The highest BCUT2D eigenvalue weighted by atomic mass is 32.2. The summed E-state index contributed by atoms with van der Waals surface area (Å²) >= 11 is 1.29. The number of thioether (sulfide) groups is 1. The van der Waals surface area contributed by atoms with Crippen LogP contribution in [0, 0.1) is 0 Å². The number of carbonyl (C=O) groups excluding carboxylic acids is 1. The largest absolute Gasteiger partial charge is 0.478 e. The van der Waals surface area contributed by atoms with Gasteiger partial charge in [0.2, 0.25) is 5.91 Å². The van der Waals surface area contributed by atoms with Crippen LogP contribution >= 0.6 is 11.8 Å². The molecule has 4 nitrogen and oxygen atoms in total. The summed E-state index contributed by atoms with van der Waals surface area (Å²) in [4.78, 5) is 25.6. The summed E-state index contributed by atoms with van der Waals surface area (Å²) in [5, 5.41) is 8.82. The number of nitrogens with zero attached hydrogens (tertiary/aromatic N) is 1. The van der Waals surface area contributed by atoms with Crippen LogP contribution in [0.5, 0.6) is 0 Å². The molecule has 0 spiro atoms. The maximum absolute atomic E-state index is 12.1. The molecule has 0 aliphatic rings. The van der Waals surface area contributed by atoms with Gasteiger partial charge in [-0.1, -0.05) is 12.1 Å². The molecule has 0 aliphatic heterocycles. The highest BCUT2D eigenvalue weighted by Crippen LogP contribution is 2.27. The molecule has 0 saturated carbocycles. The molecule has 0 bridgehead atoms. The van der Waals surface area contributed by atoms with Crippen molar-refractivity contribution in [2.45, 2.75) is 30.9 Å². The van der Waals surface area contributed by atoms with Gasteiger partial charge in [-0.3, -0.25) is 4.79 Å². The van der Waals surface area contributed by atoms with Crippen LogP contribution in [-0.2, 0) is 4.79 Å². The van der Waals surface area contributed by atoms with Gasteiger partial charge in [0, 0.05) is 18.0 Å². The lowest BCUT2D eigenvalue weighted by Crippen LogP contribution is -2.36. The quantitative estimate of drug-likeness (QED) is 0.815. The minimum absolute atomic E-state index is 0.0372. The molecule has 0 aliphatic carbocycles. The molecule has 1 unspecified atom stereocenters. The van der Waals surface area contributed by atoms with Gasteiger partial charge in [-0.25, -0.2) is 4.79 Å². The molecule has 5 heteroatoms. The number of amides is 1. The fourth-order valence-corrected chi connectivity index (χ4v) is 2.85. The van der Waals surface area contributed by atoms with Crippen molar-refractivity contribution in [2.24, 2.45) is 0 Å². The van der Waals surface area contributed by atoms with Gasteiger partial charge in [-0.2, -0.15) is 0 Å². The number of carboxylic acid groups (broad SMARTS) is 1. The van der Waals surface area contributed by atoms with E-state index in [1.165, 1.54) is 11.8 Å². The molecule has 0 saturated heterocycles. The Morgan fingerprint density at radius 3 is 2.37 bits per heavy atom. The average molecular weight is 281 g/mol. The summed E-state index contributed by atoms with van der Waals surface area (Å²) in [6, 6.07) is 6.76. The summed E-state index contributed by atoms with van der Waals surface area (Å²) in [6.45, 7) is 7.01. The van der Waals surface area contributed by atoms with E-state index in [-0.39, 0.29) is 16.7 Å². The van der Waals surface area contributed by atoms with E-state index in [1.54, 1.807) is 29.2 Å². The first-order valence-electron chi connectivity index (χ1n) is 6.29. The van der Waals surface area contributed by atoms with Crippen molar-refractivity contribution in [1.82, 2.24) is 4.90 Å². The van der Waals surface area contributed by atoms with Crippen molar-refractivity contribution >= 4 is 23.6 Å². The second kappa shape index (κ2) is 7.19. The molecule has 1 atom stereocenters. The van der Waals surface area contributed by atoms with E-state index in [0.717, 1.165) is 0 Å². The smallest absolute Gasteiger partial charge is 0.336 e. The standard InChI is InChI=1S/C14H19NO3S/c1-4-15(5-2)13(16)10(3)19-12-9-7-6-8-11(12)14(17)18/h6-10H,4-5H2,1-3H3,(H,17,18). The van der Waals surface area contributed by atoms with E-state index in [4.69, 9.17) is 5.11 Å². The molecule has 0 heterocycles. The van der Waals surface area contributed by atoms with Gasteiger partial charge >= 0.3 is 5.97 Å². The minimum Gasteiger partial charge on any atom is -0.478 e. The molecular formula is C14H19NO3S. The second-order valence-corrected chi connectivity index (χ2v) is 5.45. The average Bonchev–Trinajstić information content (AvgIpc) is 2.40. The van der Waals surface area contributed by atoms with Crippen LogP contribution in [0.25, 0.3) is 0 Å². The third-order valence-corrected chi connectivity index (χ3v) is 4.01. The highest BCUT2D eigenvalue weighted by Gasteiger charge is 2.21. The van der Waals surface area contributed by atoms with Crippen molar-refractivity contribution in [3.8, 4) is 0 Å². The number of benzene rings is 1. The molecule has 1 rings (SSSR count). The van der Waals surface area contributed by atoms with Crippen LogP contribution < -0.4 is 0 Å². The topological polar surface area (TPSA) is 57.6 Å². The summed E-state index contributed by atoms with van der Waals surface area (Å²) in [5.74, 6) is -0.930. The molecule has 1 N–H and O–H groups in total. The van der Waals surface area contributed by atoms with Crippen molar-refractivity contribution < 1.29 is 14.7 Å². The zero-order valence-electron chi connectivity index (χ0n) is 11.4. The number of carbonyl (C=O) groups is 2. The number of aromatic carboxylic acids is 1. The van der Waals surface area contributed by atoms with Crippen molar-refractivity contribution in [1.29, 1.82) is 0 Å². The summed E-state index contributed by atoms with van der Waals surface area (Å²) in [7, 11) is 0. The number of hydrogen-bond donors (Lipinski definition) is 1. The lowest BCUT2D eigenvalue weighted by molar-refractivity contribution is -0.129. The van der Waals surface area contributed by atoms with Crippen LogP contribution in [0.3, 0.4) is 0 Å². The Morgan fingerprint density at radius 2 is 1.84 bits per heavy atom. The maximum atomic E-state index is 12.1. The zero-order chi connectivity index (χ0) is 14.4. The predicted octanol–water partition coefficient (Wildman–Crippen LogP) is 2.73. The lowest BCUT2D eigenvalue weighted by Gasteiger charge is -2.22. The number of rotatable bonds is 6. The second-order valence-electron chi connectivity index (χ2n) is 4.07. The first-order chi connectivity index (χ1) is 9.01. The van der Waals surface area contributed by atoms with Crippen LogP contribution in [-0.4, -0.2) is 40.2 Å². The predicted molar refractivity (Wildman–Crippen MR) is 76.6 cm³/mol. The van der Waals surface area contributed by atoms with Gasteiger partial charge in [-0.15, -0.1) is 11.8 Å². The Balaban J connectivity index is 2.85. The van der Waals surface area contributed by atoms with E-state index < -0.39 is 5.97 Å². The lowest BCUT2D eigenvalue weighted by atomic mass is 10.2. The Labute approximate surface area is 117 Å². The Bertz CT molecular complexity index is 458. The Hall–Kier alpha value is -1.49. The Kier molecular flexibility index (Phi) is 5.89. The fraction of sp³-hybridized carbons (Fsp3) is 0.429. The van der Waals surface area contributed by atoms with E-state index >= 15 is 0 Å². The molecule has 1 amide bonds. The van der Waals surface area contributed by atoms with Gasteiger partial charge in [-0.05, 0) is 32.9 Å². The maximum Gasteiger partial charge on any atom is 0.336 e. The summed E-state index contributed by atoms with van der Waals surface area (Å²) < 4.78 is 0. The van der Waals surface area contributed by atoms with Crippen molar-refractivity contribution in [2.75, 3.05) is 13.1 Å². The van der Waals surface area contributed by atoms with Crippen molar-refractivity contribution in [3.05, 3.63) is 29.8 Å². The molecule has 0 fully saturated rings. The van der Waals surface area contributed by atoms with Gasteiger partial charge < -0.3 is 10.0 Å². The van der Waals surface area contributed by atoms with E-state index in [9.17, 15) is 9.59 Å².